The minimum absolute atomic E-state index is 0.142. The second-order valence-corrected chi connectivity index (χ2v) is 9.69. The highest BCUT2D eigenvalue weighted by atomic mass is 79.9. The van der Waals surface area contributed by atoms with E-state index >= 15 is 0 Å². The van der Waals surface area contributed by atoms with Crippen LogP contribution in [0.5, 0.6) is 0 Å². The number of rotatable bonds is 4. The van der Waals surface area contributed by atoms with Gasteiger partial charge in [0.05, 0.1) is 26.4 Å². The Labute approximate surface area is 194 Å². The van der Waals surface area contributed by atoms with Gasteiger partial charge in [0.1, 0.15) is 11.6 Å². The van der Waals surface area contributed by atoms with Gasteiger partial charge in [-0.15, -0.1) is 0 Å². The van der Waals surface area contributed by atoms with Crippen LogP contribution in [0.1, 0.15) is 42.7 Å². The molecule has 0 saturated heterocycles. The summed E-state index contributed by atoms with van der Waals surface area (Å²) in [7, 11) is 0. The molecule has 0 heterocycles. The molecular weight excluding hydrogens is 542 g/mol. The second kappa shape index (κ2) is 9.34. The van der Waals surface area contributed by atoms with Gasteiger partial charge in [-0.25, -0.2) is 8.78 Å². The van der Waals surface area contributed by atoms with Gasteiger partial charge in [0.25, 0.3) is 0 Å². The van der Waals surface area contributed by atoms with Gasteiger partial charge in [0.2, 0.25) is 0 Å². The third kappa shape index (κ3) is 5.32. The summed E-state index contributed by atoms with van der Waals surface area (Å²) in [4.78, 5) is 21.2. The summed E-state index contributed by atoms with van der Waals surface area (Å²) in [6, 6.07) is 9.34. The molecule has 2 aliphatic carbocycles. The Kier molecular flexibility index (Phi) is 7.18. The largest absolute Gasteiger partial charge is 0.481 e. The van der Waals surface area contributed by atoms with Crippen LogP contribution < -0.4 is 0 Å². The Morgan fingerprint density at radius 3 is 1.87 bits per heavy atom. The Morgan fingerprint density at radius 2 is 1.39 bits per heavy atom. The molecule has 2 saturated carbocycles. The third-order valence-corrected chi connectivity index (χ3v) is 7.16. The third-order valence-electron chi connectivity index (χ3n) is 5.88. The van der Waals surface area contributed by atoms with Crippen LogP contribution in [-0.4, -0.2) is 27.3 Å². The number of hydrogen-bond donors (Lipinski definition) is 3. The van der Waals surface area contributed by atoms with Crippen LogP contribution in [0.3, 0.4) is 0 Å². The van der Waals surface area contributed by atoms with Crippen molar-refractivity contribution in [3.8, 4) is 0 Å². The van der Waals surface area contributed by atoms with Crippen molar-refractivity contribution < 1.29 is 33.7 Å². The number of benzene rings is 2. The van der Waals surface area contributed by atoms with E-state index in [0.717, 1.165) is 5.56 Å². The van der Waals surface area contributed by atoms with Gasteiger partial charge in [0, 0.05) is 0 Å². The van der Waals surface area contributed by atoms with Gasteiger partial charge >= 0.3 is 11.9 Å². The first kappa shape index (κ1) is 23.8. The zero-order valence-electron chi connectivity index (χ0n) is 16.2. The molecule has 166 valence electrons. The van der Waals surface area contributed by atoms with Crippen molar-refractivity contribution in [1.29, 1.82) is 0 Å². The predicted molar refractivity (Wildman–Crippen MR) is 116 cm³/mol. The van der Waals surface area contributed by atoms with E-state index in [4.69, 9.17) is 10.2 Å². The number of halogens is 4. The lowest BCUT2D eigenvalue weighted by Crippen LogP contribution is -2.44. The van der Waals surface area contributed by atoms with Crippen molar-refractivity contribution in [2.45, 2.75) is 37.2 Å². The Bertz CT molecular complexity index is 1000. The van der Waals surface area contributed by atoms with Crippen LogP contribution in [0.4, 0.5) is 8.78 Å². The maximum absolute atomic E-state index is 13.3. The molecule has 9 heteroatoms. The zero-order valence-corrected chi connectivity index (χ0v) is 19.4. The highest BCUT2D eigenvalue weighted by Gasteiger charge is 2.47. The number of hydrogen-bond acceptors (Lipinski definition) is 3. The van der Waals surface area contributed by atoms with E-state index in [1.54, 1.807) is 12.1 Å². The maximum atomic E-state index is 13.3. The molecule has 0 spiro atoms. The Morgan fingerprint density at radius 1 is 0.871 bits per heavy atom. The van der Waals surface area contributed by atoms with Crippen LogP contribution in [-0.2, 0) is 15.2 Å². The first-order chi connectivity index (χ1) is 14.5. The smallest absolute Gasteiger partial charge is 0.306 e. The summed E-state index contributed by atoms with van der Waals surface area (Å²) in [5, 5.41) is 27.5. The fourth-order valence-corrected chi connectivity index (χ4v) is 4.30. The minimum Gasteiger partial charge on any atom is -0.481 e. The lowest BCUT2D eigenvalue weighted by atomic mass is 9.67. The normalized spacial score (nSPS) is 26.7. The average molecular weight is 562 g/mol. The van der Waals surface area contributed by atoms with Crippen LogP contribution >= 0.6 is 31.9 Å². The molecule has 2 fully saturated rings. The molecule has 5 nitrogen and oxygen atoms in total. The summed E-state index contributed by atoms with van der Waals surface area (Å²) in [6.07, 6.45) is 1.53. The van der Waals surface area contributed by atoms with Crippen molar-refractivity contribution in [3.63, 3.8) is 0 Å². The molecule has 2 aliphatic rings. The molecule has 0 atom stereocenters. The summed E-state index contributed by atoms with van der Waals surface area (Å²) < 4.78 is 27.2. The van der Waals surface area contributed by atoms with Gasteiger partial charge in [-0.2, -0.15) is 0 Å². The monoisotopic (exact) mass is 560 g/mol. The zero-order chi connectivity index (χ0) is 22.9. The van der Waals surface area contributed by atoms with E-state index in [2.05, 4.69) is 31.9 Å². The molecule has 0 aromatic heterocycles. The molecular formula is C22H20Br2F2O5. The predicted octanol–water partition coefficient (Wildman–Crippen LogP) is 5.44. The number of aliphatic carboxylic acids is 2. The van der Waals surface area contributed by atoms with Crippen molar-refractivity contribution in [3.05, 3.63) is 68.1 Å². The highest BCUT2D eigenvalue weighted by Crippen LogP contribution is 2.46. The lowest BCUT2D eigenvalue weighted by Gasteiger charge is -2.41. The van der Waals surface area contributed by atoms with Crippen molar-refractivity contribution in [2.75, 3.05) is 0 Å². The van der Waals surface area contributed by atoms with Crippen molar-refractivity contribution >= 4 is 43.8 Å². The molecule has 2 aromatic carbocycles. The second-order valence-electron chi connectivity index (χ2n) is 7.98. The van der Waals surface area contributed by atoms with E-state index in [9.17, 15) is 23.5 Å². The van der Waals surface area contributed by atoms with Crippen LogP contribution in [0.15, 0.2) is 45.3 Å². The summed E-state index contributed by atoms with van der Waals surface area (Å²) in [6.45, 7) is 0. The van der Waals surface area contributed by atoms with Crippen molar-refractivity contribution in [1.82, 2.24) is 0 Å². The highest BCUT2D eigenvalue weighted by molar-refractivity contribution is 9.10. The first-order valence-corrected chi connectivity index (χ1v) is 11.2. The van der Waals surface area contributed by atoms with Gasteiger partial charge in [-0.05, 0) is 98.9 Å². The molecule has 0 radical (unpaired) electrons. The lowest BCUT2D eigenvalue weighted by molar-refractivity contribution is -0.159. The number of carboxylic acids is 2. The SMILES string of the molecule is O=C(O)C1CC(O)(c2ccc(Br)c(F)c2)C1.O=C(O)C1CC(c2ccc(Br)c(F)c2)C1. The molecule has 0 bridgehead atoms. The Balaban J connectivity index is 0.000000176. The summed E-state index contributed by atoms with van der Waals surface area (Å²) in [5.74, 6) is -2.98. The van der Waals surface area contributed by atoms with E-state index in [1.807, 2.05) is 6.07 Å². The Hall–Kier alpha value is -1.84. The van der Waals surface area contributed by atoms with E-state index < -0.39 is 29.3 Å². The number of carboxylic acid groups (broad SMARTS) is 2. The topological polar surface area (TPSA) is 94.8 Å². The van der Waals surface area contributed by atoms with Crippen LogP contribution in [0.2, 0.25) is 0 Å². The minimum atomic E-state index is -1.19. The molecule has 0 amide bonds. The van der Waals surface area contributed by atoms with Crippen molar-refractivity contribution in [2.24, 2.45) is 11.8 Å². The fourth-order valence-electron chi connectivity index (χ4n) is 3.81. The van der Waals surface area contributed by atoms with Gasteiger partial charge in [0.15, 0.2) is 0 Å². The fraction of sp³-hybridized carbons (Fsp3) is 0.364. The number of carbonyl (C=O) groups is 2. The van der Waals surface area contributed by atoms with Crippen LogP contribution in [0.25, 0.3) is 0 Å². The quantitative estimate of drug-likeness (QED) is 0.462. The molecule has 0 unspecified atom stereocenters. The van der Waals surface area contributed by atoms with Gasteiger partial charge < -0.3 is 15.3 Å². The molecule has 31 heavy (non-hydrogen) atoms. The van der Waals surface area contributed by atoms with E-state index in [1.165, 1.54) is 18.2 Å². The van der Waals surface area contributed by atoms with E-state index in [0.29, 0.717) is 27.4 Å². The van der Waals surface area contributed by atoms with Crippen LogP contribution in [0, 0.1) is 23.5 Å². The summed E-state index contributed by atoms with van der Waals surface area (Å²) >= 11 is 6.10. The maximum Gasteiger partial charge on any atom is 0.306 e. The molecule has 4 rings (SSSR count). The van der Waals surface area contributed by atoms with Gasteiger partial charge in [-0.3, -0.25) is 9.59 Å². The van der Waals surface area contributed by atoms with E-state index in [-0.39, 0.29) is 30.5 Å². The molecule has 3 N–H and O–H groups in total. The van der Waals surface area contributed by atoms with Gasteiger partial charge in [-0.1, -0.05) is 12.1 Å². The number of aliphatic hydroxyl groups is 1. The molecule has 2 aromatic rings. The molecule has 0 aliphatic heterocycles. The summed E-state index contributed by atoms with van der Waals surface area (Å²) in [5.41, 5.74) is 0.142. The standard InChI is InChI=1S/C11H10BrFO3.C11H10BrFO2/c12-8-2-1-7(3-9(8)13)11(16)4-6(5-11)10(14)15;12-9-2-1-6(5-10(9)13)7-3-8(4-7)11(14)15/h1-3,6,16H,4-5H2,(H,14,15);1-2,5,7-8H,3-4H2,(H,14,15). The average Bonchev–Trinajstić information content (AvgIpc) is 2.63. The first-order valence-electron chi connectivity index (χ1n) is 9.58.